The number of nitrogens with zero attached hydrogens (tertiary/aromatic N) is 5. The smallest absolute Gasteiger partial charge is 0.264 e. The van der Waals surface area contributed by atoms with E-state index in [1.165, 1.54) is 12.0 Å². The number of fused-ring (bicyclic) bond motifs is 7. The number of carbonyl (C=O) groups is 2. The molecule has 2 atom stereocenters. The monoisotopic (exact) mass is 752 g/mol. The van der Waals surface area contributed by atoms with Crippen LogP contribution in [0.4, 0.5) is 0 Å². The maximum Gasteiger partial charge on any atom is 0.264 e. The molecule has 1 N–H and O–H groups in total. The molecule has 0 radical (unpaired) electrons. The summed E-state index contributed by atoms with van der Waals surface area (Å²) in [6.07, 6.45) is 10.6. The molecule has 4 aromatic rings. The standard InChI is InChI=1S/C42H52N6O5S/c1-7-45-23-32-20-31(45)24-46(32)42(50)36-21-43-48(25(2)3)39(36)30-17-29-18-33(53-6)14-16-34(29)40-38(27-11-9-8-10-12-27)35-15-13-28(19-37(35)47(40)22-30)41(49)44-54(51,52)26(4)5/h13-19,21,25-27,31-32H,7-12,20,22-24H2,1-6H3,(H,44,49)/t31-,32?/m0/s1. The van der Waals surface area contributed by atoms with Crippen LogP contribution >= 0.6 is 0 Å². The summed E-state index contributed by atoms with van der Waals surface area (Å²) in [6.45, 7) is 12.5. The van der Waals surface area contributed by atoms with E-state index < -0.39 is 21.2 Å². The molecule has 12 heteroatoms. The second kappa shape index (κ2) is 14.0. The lowest BCUT2D eigenvalue weighted by molar-refractivity contribution is 0.0630. The van der Waals surface area contributed by atoms with Gasteiger partial charge < -0.3 is 14.2 Å². The normalized spacial score (nSPS) is 20.4. The summed E-state index contributed by atoms with van der Waals surface area (Å²) in [6, 6.07) is 12.3. The Hall–Kier alpha value is -4.42. The summed E-state index contributed by atoms with van der Waals surface area (Å²) < 4.78 is 37.9. The first-order chi connectivity index (χ1) is 25.9. The van der Waals surface area contributed by atoms with Crippen molar-refractivity contribution in [2.24, 2.45) is 0 Å². The summed E-state index contributed by atoms with van der Waals surface area (Å²) in [4.78, 5) is 32.7. The van der Waals surface area contributed by atoms with Crippen LogP contribution in [-0.2, 0) is 16.6 Å². The minimum absolute atomic E-state index is 0.0157. The summed E-state index contributed by atoms with van der Waals surface area (Å²) >= 11 is 0. The van der Waals surface area contributed by atoms with Crippen molar-refractivity contribution >= 4 is 44.4 Å². The average molecular weight is 753 g/mol. The van der Waals surface area contributed by atoms with Crippen LogP contribution in [0.25, 0.3) is 33.8 Å². The second-order valence-corrected chi connectivity index (χ2v) is 18.3. The van der Waals surface area contributed by atoms with Crippen molar-refractivity contribution in [2.45, 2.75) is 109 Å². The molecular formula is C42H52N6O5S. The van der Waals surface area contributed by atoms with Crippen LogP contribution in [0, 0.1) is 0 Å². The number of nitrogens with one attached hydrogen (secondary N) is 1. The van der Waals surface area contributed by atoms with Gasteiger partial charge in [0.15, 0.2) is 0 Å². The van der Waals surface area contributed by atoms with Gasteiger partial charge in [-0.2, -0.15) is 5.10 Å². The molecule has 0 spiro atoms. The number of piperazine rings is 1. The van der Waals surface area contributed by atoms with Crippen molar-refractivity contribution in [1.29, 1.82) is 0 Å². The number of benzene rings is 2. The van der Waals surface area contributed by atoms with Gasteiger partial charge in [0.05, 0.1) is 42.1 Å². The Morgan fingerprint density at radius 2 is 1.76 bits per heavy atom. The van der Waals surface area contributed by atoms with Crippen molar-refractivity contribution in [1.82, 2.24) is 28.9 Å². The Balaban J connectivity index is 1.33. The van der Waals surface area contributed by atoms with Gasteiger partial charge in [-0.15, -0.1) is 0 Å². The first-order valence-corrected chi connectivity index (χ1v) is 21.2. The Labute approximate surface area is 318 Å². The van der Waals surface area contributed by atoms with E-state index in [-0.39, 0.29) is 23.6 Å². The third-order valence-electron chi connectivity index (χ3n) is 12.2. The van der Waals surface area contributed by atoms with Crippen LogP contribution < -0.4 is 9.46 Å². The molecule has 2 amide bonds. The lowest BCUT2D eigenvalue weighted by atomic mass is 9.81. The zero-order valence-corrected chi connectivity index (χ0v) is 33.1. The van der Waals surface area contributed by atoms with Gasteiger partial charge in [-0.25, -0.2) is 13.1 Å². The molecule has 1 aliphatic carbocycles. The number of methoxy groups -OCH3 is 1. The Kier molecular flexibility index (Phi) is 9.49. The van der Waals surface area contributed by atoms with E-state index in [1.54, 1.807) is 33.2 Å². The van der Waals surface area contributed by atoms with Crippen LogP contribution in [0.2, 0.25) is 0 Å². The molecule has 1 unspecified atom stereocenters. The van der Waals surface area contributed by atoms with E-state index in [4.69, 9.17) is 9.84 Å². The first-order valence-electron chi connectivity index (χ1n) is 19.6. The Morgan fingerprint density at radius 3 is 2.43 bits per heavy atom. The van der Waals surface area contributed by atoms with Gasteiger partial charge in [-0.05, 0) is 113 Å². The number of sulfonamides is 1. The maximum atomic E-state index is 14.6. The van der Waals surface area contributed by atoms with Gasteiger partial charge in [0, 0.05) is 53.2 Å². The fraction of sp³-hybridized carbons (Fsp3) is 0.500. The molecule has 5 heterocycles. The van der Waals surface area contributed by atoms with Crippen LogP contribution in [0.1, 0.15) is 123 Å². The van der Waals surface area contributed by atoms with E-state index in [1.807, 2.05) is 22.9 Å². The Morgan fingerprint density at radius 1 is 0.981 bits per heavy atom. The number of likely N-dealkylation sites (tertiary alicyclic amines) is 2. The van der Waals surface area contributed by atoms with Crippen molar-refractivity contribution in [2.75, 3.05) is 26.7 Å². The van der Waals surface area contributed by atoms with Gasteiger partial charge in [0.25, 0.3) is 11.8 Å². The van der Waals surface area contributed by atoms with E-state index in [2.05, 4.69) is 58.1 Å². The zero-order valence-electron chi connectivity index (χ0n) is 32.3. The SMILES string of the molecule is CCN1CC2C[C@H]1CN2C(=O)c1cnn(C(C)C)c1C1=Cc2cc(OC)ccc2-c2c(C3CCCCC3)c3ccc(C(=O)NS(=O)(=O)C(C)C)cc3n2C1. The van der Waals surface area contributed by atoms with Gasteiger partial charge in [0.2, 0.25) is 10.0 Å². The van der Waals surface area contributed by atoms with Gasteiger partial charge in [-0.1, -0.05) is 32.3 Å². The number of rotatable bonds is 9. The quantitative estimate of drug-likeness (QED) is 0.194. The number of likely N-dealkylation sites (N-methyl/N-ethyl adjacent to an activating group) is 1. The highest BCUT2D eigenvalue weighted by molar-refractivity contribution is 7.90. The summed E-state index contributed by atoms with van der Waals surface area (Å²) in [7, 11) is -2.16. The number of amides is 2. The lowest BCUT2D eigenvalue weighted by Crippen LogP contribution is -2.48. The number of carbonyl (C=O) groups excluding carboxylic acids is 2. The van der Waals surface area contributed by atoms with Crippen molar-refractivity contribution in [3.8, 4) is 17.0 Å². The minimum Gasteiger partial charge on any atom is -0.497 e. The summed E-state index contributed by atoms with van der Waals surface area (Å²) in [5, 5.41) is 5.16. The van der Waals surface area contributed by atoms with Crippen molar-refractivity contribution < 1.29 is 22.7 Å². The van der Waals surface area contributed by atoms with Crippen LogP contribution in [0.5, 0.6) is 5.75 Å². The first kappa shape index (κ1) is 36.6. The molecule has 3 aliphatic heterocycles. The number of hydrogen-bond acceptors (Lipinski definition) is 7. The fourth-order valence-electron chi connectivity index (χ4n) is 9.40. The summed E-state index contributed by atoms with van der Waals surface area (Å²) in [5.41, 5.74) is 7.85. The molecule has 286 valence electrons. The largest absolute Gasteiger partial charge is 0.497 e. The van der Waals surface area contributed by atoms with Crippen molar-refractivity contribution in [3.63, 3.8) is 0 Å². The number of aromatic nitrogens is 3. The molecule has 1 saturated carbocycles. The summed E-state index contributed by atoms with van der Waals surface area (Å²) in [5.74, 6) is 0.423. The third-order valence-corrected chi connectivity index (χ3v) is 14.0. The maximum absolute atomic E-state index is 14.6. The topological polar surface area (TPSA) is 119 Å². The fourth-order valence-corrected chi connectivity index (χ4v) is 10.0. The second-order valence-electron chi connectivity index (χ2n) is 16.1. The Bertz CT molecular complexity index is 2280. The molecule has 4 aliphatic rings. The average Bonchev–Trinajstić information content (AvgIpc) is 3.94. The molecule has 54 heavy (non-hydrogen) atoms. The predicted molar refractivity (Wildman–Crippen MR) is 212 cm³/mol. The zero-order chi connectivity index (χ0) is 38.1. The number of ether oxygens (including phenoxy) is 1. The van der Waals surface area contributed by atoms with Crippen LogP contribution in [0.15, 0.2) is 42.6 Å². The molecular weight excluding hydrogens is 701 g/mol. The number of hydrogen-bond donors (Lipinski definition) is 1. The van der Waals surface area contributed by atoms with E-state index in [0.717, 1.165) is 96.5 Å². The van der Waals surface area contributed by atoms with Crippen LogP contribution in [-0.4, -0.2) is 88.5 Å². The molecule has 3 fully saturated rings. The predicted octanol–water partition coefficient (Wildman–Crippen LogP) is 7.08. The highest BCUT2D eigenvalue weighted by Crippen LogP contribution is 2.48. The molecule has 2 aromatic heterocycles. The highest BCUT2D eigenvalue weighted by Gasteiger charge is 2.45. The van der Waals surface area contributed by atoms with E-state index in [9.17, 15) is 18.0 Å². The molecule has 11 nitrogen and oxygen atoms in total. The molecule has 2 aromatic carbocycles. The third kappa shape index (κ3) is 6.15. The molecule has 8 rings (SSSR count). The highest BCUT2D eigenvalue weighted by atomic mass is 32.2. The van der Waals surface area contributed by atoms with E-state index >= 15 is 0 Å². The van der Waals surface area contributed by atoms with E-state index in [0.29, 0.717) is 24.1 Å². The minimum atomic E-state index is -3.84. The molecule has 2 bridgehead atoms. The number of allylic oxidation sites excluding steroid dienone is 1. The molecule has 2 saturated heterocycles. The lowest BCUT2D eigenvalue weighted by Gasteiger charge is -2.33. The van der Waals surface area contributed by atoms with Crippen molar-refractivity contribution in [3.05, 3.63) is 70.5 Å². The van der Waals surface area contributed by atoms with Gasteiger partial charge in [-0.3, -0.25) is 19.2 Å². The van der Waals surface area contributed by atoms with Gasteiger partial charge >= 0.3 is 0 Å². The van der Waals surface area contributed by atoms with Gasteiger partial charge in [0.1, 0.15) is 5.75 Å². The van der Waals surface area contributed by atoms with Crippen LogP contribution in [0.3, 0.4) is 0 Å².